The summed E-state index contributed by atoms with van der Waals surface area (Å²) in [5.74, 6) is -1.16. The molecule has 2 fully saturated rings. The molecule has 43 heavy (non-hydrogen) atoms. The lowest BCUT2D eigenvalue weighted by Gasteiger charge is -2.42. The summed E-state index contributed by atoms with van der Waals surface area (Å²) in [5.41, 5.74) is 2.67. The zero-order valence-electron chi connectivity index (χ0n) is 24.1. The van der Waals surface area contributed by atoms with E-state index in [0.29, 0.717) is 43.0 Å². The minimum atomic E-state index is -1.03. The van der Waals surface area contributed by atoms with Gasteiger partial charge < -0.3 is 24.2 Å². The highest BCUT2D eigenvalue weighted by Gasteiger charge is 2.36. The molecule has 9 nitrogen and oxygen atoms in total. The van der Waals surface area contributed by atoms with Crippen molar-refractivity contribution < 1.29 is 18.7 Å². The van der Waals surface area contributed by atoms with Gasteiger partial charge in [-0.3, -0.25) is 4.79 Å². The van der Waals surface area contributed by atoms with Gasteiger partial charge in [-0.05, 0) is 43.5 Å². The van der Waals surface area contributed by atoms with Gasteiger partial charge in [-0.15, -0.1) is 0 Å². The molecule has 2 saturated heterocycles. The number of hydrogen-bond donors (Lipinski definition) is 0. The number of nitriles is 1. The number of nitrogens with zero attached hydrogens (tertiary/aromatic N) is 6. The third-order valence-corrected chi connectivity index (χ3v) is 9.08. The summed E-state index contributed by atoms with van der Waals surface area (Å²) in [4.78, 5) is 27.9. The molecule has 0 spiro atoms. The molecule has 0 N–H and O–H groups in total. The summed E-state index contributed by atoms with van der Waals surface area (Å²) in [6.45, 7) is 5.89. The van der Waals surface area contributed by atoms with E-state index in [0.717, 1.165) is 47.0 Å². The van der Waals surface area contributed by atoms with E-state index in [4.69, 9.17) is 31.0 Å². The van der Waals surface area contributed by atoms with E-state index >= 15 is 0 Å². The number of halogens is 2. The summed E-state index contributed by atoms with van der Waals surface area (Å²) < 4.78 is 26.5. The van der Waals surface area contributed by atoms with E-state index in [1.165, 1.54) is 4.90 Å². The van der Waals surface area contributed by atoms with Gasteiger partial charge in [-0.1, -0.05) is 48.5 Å². The summed E-state index contributed by atoms with van der Waals surface area (Å²) in [6, 6.07) is 14.1. The molecule has 2 aromatic carbocycles. The zero-order valence-corrected chi connectivity index (χ0v) is 24.9. The van der Waals surface area contributed by atoms with Crippen LogP contribution in [0.4, 0.5) is 10.2 Å². The average molecular weight is 605 g/mol. The number of rotatable bonds is 7. The molecule has 3 aliphatic rings. The van der Waals surface area contributed by atoms with Crippen LogP contribution >= 0.6 is 11.6 Å². The molecule has 1 amide bonds. The number of piperazine rings is 1. The number of likely N-dealkylation sites (N-methyl/N-ethyl adjacent to an activating group) is 1. The van der Waals surface area contributed by atoms with E-state index in [1.54, 1.807) is 0 Å². The first-order valence-electron chi connectivity index (χ1n) is 14.6. The summed E-state index contributed by atoms with van der Waals surface area (Å²) in [5, 5.41) is 12.1. The van der Waals surface area contributed by atoms with Gasteiger partial charge in [0.05, 0.1) is 36.9 Å². The van der Waals surface area contributed by atoms with Gasteiger partial charge in [-0.25, -0.2) is 4.39 Å². The topological polar surface area (TPSA) is 94.8 Å². The van der Waals surface area contributed by atoms with Gasteiger partial charge in [0.15, 0.2) is 5.83 Å². The fourth-order valence-electron chi connectivity index (χ4n) is 6.46. The molecule has 3 aliphatic heterocycles. The van der Waals surface area contributed by atoms with E-state index in [2.05, 4.69) is 24.6 Å². The number of anilines is 1. The van der Waals surface area contributed by atoms with Gasteiger partial charge in [0.1, 0.15) is 12.4 Å². The Kier molecular flexibility index (Phi) is 8.48. The standard InChI is InChI=1S/C32H34ClFN6O3/c1-20(34)31(41)40-15-14-39(17-22(40)11-12-35)30-25-19-42-28(24-9-3-6-21-7-4-10-26(33)29(21)24)16-27(25)36-32(37-30)43-18-23-8-5-13-38(23)2/h3-4,6-7,9-10,22-23,28H,1,5,8,11,13-19H2,2H3/t22-,23-,28+/m0/s1. The number of likely N-dealkylation sites (tertiary alicyclic amines) is 1. The number of benzene rings is 2. The lowest BCUT2D eigenvalue weighted by molar-refractivity contribution is -0.131. The van der Waals surface area contributed by atoms with Crippen LogP contribution in [0.25, 0.3) is 10.8 Å². The molecular weight excluding hydrogens is 571 g/mol. The first-order chi connectivity index (χ1) is 20.8. The van der Waals surface area contributed by atoms with Crippen LogP contribution in [0.5, 0.6) is 6.01 Å². The van der Waals surface area contributed by atoms with Crippen molar-refractivity contribution in [3.8, 4) is 12.1 Å². The lowest BCUT2D eigenvalue weighted by atomic mass is 9.94. The van der Waals surface area contributed by atoms with Crippen molar-refractivity contribution in [2.45, 2.75) is 50.5 Å². The maximum absolute atomic E-state index is 13.8. The third-order valence-electron chi connectivity index (χ3n) is 8.77. The molecule has 1 aromatic heterocycles. The second-order valence-electron chi connectivity index (χ2n) is 11.4. The molecule has 3 aromatic rings. The Bertz CT molecular complexity index is 1590. The molecule has 0 unspecified atom stereocenters. The van der Waals surface area contributed by atoms with E-state index in [9.17, 15) is 14.4 Å². The molecule has 0 radical (unpaired) electrons. The summed E-state index contributed by atoms with van der Waals surface area (Å²) >= 11 is 6.65. The second kappa shape index (κ2) is 12.4. The largest absolute Gasteiger partial charge is 0.462 e. The fourth-order valence-corrected chi connectivity index (χ4v) is 6.75. The third kappa shape index (κ3) is 5.90. The zero-order chi connectivity index (χ0) is 30.1. The molecule has 0 aliphatic carbocycles. The minimum Gasteiger partial charge on any atom is -0.462 e. The fraction of sp³-hybridized carbons (Fsp3) is 0.438. The number of hydrogen-bond acceptors (Lipinski definition) is 8. The minimum absolute atomic E-state index is 0.0561. The normalized spacial score (nSPS) is 22.3. The summed E-state index contributed by atoms with van der Waals surface area (Å²) in [7, 11) is 2.10. The Morgan fingerprint density at radius 2 is 2.02 bits per heavy atom. The SMILES string of the molecule is C=C(F)C(=O)N1CCN(c2nc(OC[C@@H]3CCCN3C)nc3c2CO[C@@H](c2cccc4cccc(Cl)c24)C3)C[C@@H]1CC#N. The molecule has 6 rings (SSSR count). The van der Waals surface area contributed by atoms with Crippen LogP contribution in [0.1, 0.15) is 42.2 Å². The predicted octanol–water partition coefficient (Wildman–Crippen LogP) is 4.98. The molecule has 4 heterocycles. The highest BCUT2D eigenvalue weighted by molar-refractivity contribution is 6.35. The lowest BCUT2D eigenvalue weighted by Crippen LogP contribution is -2.55. The average Bonchev–Trinajstić information content (AvgIpc) is 3.43. The van der Waals surface area contributed by atoms with E-state index in [-0.39, 0.29) is 31.7 Å². The number of carbonyl (C=O) groups excluding carboxylic acids is 1. The van der Waals surface area contributed by atoms with Gasteiger partial charge in [0, 0.05) is 48.1 Å². The van der Waals surface area contributed by atoms with Crippen LogP contribution in [0, 0.1) is 11.3 Å². The quantitative estimate of drug-likeness (QED) is 0.349. The van der Waals surface area contributed by atoms with Crippen molar-refractivity contribution in [2.75, 3.05) is 44.7 Å². The Labute approximate surface area is 255 Å². The Morgan fingerprint density at radius 3 is 2.77 bits per heavy atom. The van der Waals surface area contributed by atoms with Crippen LogP contribution in [-0.2, 0) is 22.6 Å². The number of aromatic nitrogens is 2. The molecule has 224 valence electrons. The van der Waals surface area contributed by atoms with Crippen LogP contribution in [0.3, 0.4) is 0 Å². The van der Waals surface area contributed by atoms with Crippen molar-refractivity contribution in [1.29, 1.82) is 5.26 Å². The smallest absolute Gasteiger partial charge is 0.318 e. The molecule has 0 saturated carbocycles. The van der Waals surface area contributed by atoms with Crippen molar-refractivity contribution in [3.63, 3.8) is 0 Å². The molecule has 11 heteroatoms. The number of fused-ring (bicyclic) bond motifs is 2. The maximum atomic E-state index is 13.8. The molecular formula is C32H34ClFN6O3. The highest BCUT2D eigenvalue weighted by Crippen LogP contribution is 2.39. The number of amides is 1. The Morgan fingerprint density at radius 1 is 1.21 bits per heavy atom. The monoisotopic (exact) mass is 604 g/mol. The van der Waals surface area contributed by atoms with Crippen molar-refractivity contribution in [2.24, 2.45) is 0 Å². The van der Waals surface area contributed by atoms with Crippen LogP contribution in [-0.4, -0.2) is 77.6 Å². The first kappa shape index (κ1) is 29.3. The van der Waals surface area contributed by atoms with Gasteiger partial charge in [-0.2, -0.15) is 15.2 Å². The maximum Gasteiger partial charge on any atom is 0.318 e. The van der Waals surface area contributed by atoms with E-state index < -0.39 is 17.8 Å². The second-order valence-corrected chi connectivity index (χ2v) is 11.8. The van der Waals surface area contributed by atoms with Crippen molar-refractivity contribution >= 4 is 34.1 Å². The molecule has 0 bridgehead atoms. The number of ether oxygens (including phenoxy) is 2. The Hall–Kier alpha value is -3.78. The molecule has 3 atom stereocenters. The van der Waals surface area contributed by atoms with Crippen LogP contribution < -0.4 is 9.64 Å². The summed E-state index contributed by atoms with van der Waals surface area (Å²) in [6.07, 6.45) is 2.46. The van der Waals surface area contributed by atoms with Crippen LogP contribution in [0.15, 0.2) is 48.8 Å². The van der Waals surface area contributed by atoms with E-state index in [1.807, 2.05) is 41.3 Å². The van der Waals surface area contributed by atoms with Gasteiger partial charge >= 0.3 is 6.01 Å². The van der Waals surface area contributed by atoms with Crippen LogP contribution in [0.2, 0.25) is 5.02 Å². The Balaban J connectivity index is 1.34. The predicted molar refractivity (Wildman–Crippen MR) is 162 cm³/mol. The first-order valence-corrected chi connectivity index (χ1v) is 15.0. The van der Waals surface area contributed by atoms with Gasteiger partial charge in [0.2, 0.25) is 0 Å². The van der Waals surface area contributed by atoms with Crippen molar-refractivity contribution in [3.05, 3.63) is 70.6 Å². The highest BCUT2D eigenvalue weighted by atomic mass is 35.5. The van der Waals surface area contributed by atoms with Crippen molar-refractivity contribution in [1.82, 2.24) is 19.8 Å². The number of carbonyl (C=O) groups is 1. The van der Waals surface area contributed by atoms with Gasteiger partial charge in [0.25, 0.3) is 5.91 Å².